The van der Waals surface area contributed by atoms with Crippen molar-refractivity contribution in [1.29, 1.82) is 0 Å². The van der Waals surface area contributed by atoms with Gasteiger partial charge in [-0.15, -0.1) is 0 Å². The molecule has 0 aromatic carbocycles. The lowest BCUT2D eigenvalue weighted by Crippen LogP contribution is -2.30. The summed E-state index contributed by atoms with van der Waals surface area (Å²) in [6.07, 6.45) is 4.85. The summed E-state index contributed by atoms with van der Waals surface area (Å²) in [6.45, 7) is 3.22. The summed E-state index contributed by atoms with van der Waals surface area (Å²) in [6, 6.07) is 0. The molecule has 1 heterocycles. The van der Waals surface area contributed by atoms with E-state index in [2.05, 4.69) is 5.32 Å². The number of carboxylic acid groups (broad SMARTS) is 1. The highest BCUT2D eigenvalue weighted by molar-refractivity contribution is 5.77. The Morgan fingerprint density at radius 1 is 1.39 bits per heavy atom. The monoisotopic (exact) mass is 257 g/mol. The van der Waals surface area contributed by atoms with Crippen molar-refractivity contribution in [3.8, 4) is 0 Å². The molecule has 2 unspecified atom stereocenters. The summed E-state index contributed by atoms with van der Waals surface area (Å²) >= 11 is 0. The molecule has 1 amide bonds. The van der Waals surface area contributed by atoms with Crippen molar-refractivity contribution in [3.05, 3.63) is 0 Å². The van der Waals surface area contributed by atoms with Crippen LogP contribution in [-0.2, 0) is 14.3 Å². The number of ether oxygens (including phenoxy) is 1. The van der Waals surface area contributed by atoms with Gasteiger partial charge in [-0.25, -0.2) is 0 Å². The Balaban J connectivity index is 2.07. The van der Waals surface area contributed by atoms with Crippen LogP contribution in [0.1, 0.15) is 45.4 Å². The molecule has 0 saturated carbocycles. The van der Waals surface area contributed by atoms with Crippen LogP contribution < -0.4 is 5.32 Å². The van der Waals surface area contributed by atoms with Gasteiger partial charge >= 0.3 is 5.97 Å². The third kappa shape index (κ3) is 6.59. The van der Waals surface area contributed by atoms with Gasteiger partial charge in [0.05, 0.1) is 6.10 Å². The fraction of sp³-hybridized carbons (Fsp3) is 0.846. The topological polar surface area (TPSA) is 75.6 Å². The van der Waals surface area contributed by atoms with Crippen LogP contribution in [0.3, 0.4) is 0 Å². The van der Waals surface area contributed by atoms with Gasteiger partial charge in [0.2, 0.25) is 5.91 Å². The van der Waals surface area contributed by atoms with Crippen LogP contribution >= 0.6 is 0 Å². The lowest BCUT2D eigenvalue weighted by atomic mass is 10.0. The molecule has 0 bridgehead atoms. The third-order valence-electron chi connectivity index (χ3n) is 3.12. The van der Waals surface area contributed by atoms with Crippen LogP contribution in [0.4, 0.5) is 0 Å². The largest absolute Gasteiger partial charge is 0.481 e. The first-order valence-corrected chi connectivity index (χ1v) is 6.68. The Hall–Kier alpha value is -1.10. The molecular weight excluding hydrogens is 234 g/mol. The van der Waals surface area contributed by atoms with Gasteiger partial charge in [-0.3, -0.25) is 9.59 Å². The standard InChI is InChI=1S/C13H23NO4/c1-10(9-13(16)17)8-12(15)14-6-5-11-4-2-3-7-18-11/h10-11H,2-9H2,1H3,(H,14,15)(H,16,17). The molecule has 1 saturated heterocycles. The van der Waals surface area contributed by atoms with Gasteiger partial charge in [0.25, 0.3) is 0 Å². The van der Waals surface area contributed by atoms with E-state index in [9.17, 15) is 9.59 Å². The predicted octanol–water partition coefficient (Wildman–Crippen LogP) is 1.56. The molecule has 0 aromatic heterocycles. The second-order valence-corrected chi connectivity index (χ2v) is 5.03. The van der Waals surface area contributed by atoms with Crippen molar-refractivity contribution < 1.29 is 19.4 Å². The van der Waals surface area contributed by atoms with Crippen LogP contribution in [0.25, 0.3) is 0 Å². The second kappa shape index (κ2) is 8.08. The van der Waals surface area contributed by atoms with Crippen molar-refractivity contribution in [3.63, 3.8) is 0 Å². The highest BCUT2D eigenvalue weighted by Gasteiger charge is 2.15. The van der Waals surface area contributed by atoms with Gasteiger partial charge in [-0.2, -0.15) is 0 Å². The van der Waals surface area contributed by atoms with Gasteiger partial charge in [0, 0.05) is 26.0 Å². The number of amides is 1. The summed E-state index contributed by atoms with van der Waals surface area (Å²) in [4.78, 5) is 22.0. The average Bonchev–Trinajstić information content (AvgIpc) is 2.29. The zero-order valence-electron chi connectivity index (χ0n) is 11.0. The maximum absolute atomic E-state index is 11.5. The van der Waals surface area contributed by atoms with Crippen molar-refractivity contribution in [2.75, 3.05) is 13.2 Å². The average molecular weight is 257 g/mol. The number of aliphatic carboxylic acids is 1. The molecule has 0 spiro atoms. The van der Waals surface area contributed by atoms with E-state index >= 15 is 0 Å². The molecule has 104 valence electrons. The first-order valence-electron chi connectivity index (χ1n) is 6.68. The highest BCUT2D eigenvalue weighted by Crippen LogP contribution is 2.15. The maximum Gasteiger partial charge on any atom is 0.303 e. The normalized spacial score (nSPS) is 21.3. The van der Waals surface area contributed by atoms with Gasteiger partial charge in [-0.05, 0) is 31.6 Å². The Kier molecular flexibility index (Phi) is 6.72. The van der Waals surface area contributed by atoms with Crippen molar-refractivity contribution in [2.24, 2.45) is 5.92 Å². The fourth-order valence-corrected chi connectivity index (χ4v) is 2.17. The number of carboxylic acids is 1. The third-order valence-corrected chi connectivity index (χ3v) is 3.12. The molecule has 5 nitrogen and oxygen atoms in total. The number of hydrogen-bond donors (Lipinski definition) is 2. The molecular formula is C13H23NO4. The van der Waals surface area contributed by atoms with E-state index in [0.717, 1.165) is 25.9 Å². The van der Waals surface area contributed by atoms with Crippen molar-refractivity contribution in [2.45, 2.75) is 51.6 Å². The summed E-state index contributed by atoms with van der Waals surface area (Å²) < 4.78 is 5.56. The number of nitrogens with one attached hydrogen (secondary N) is 1. The lowest BCUT2D eigenvalue weighted by Gasteiger charge is -2.22. The summed E-state index contributed by atoms with van der Waals surface area (Å²) in [5.74, 6) is -1.04. The molecule has 1 rings (SSSR count). The Labute approximate surface area is 108 Å². The number of carbonyl (C=O) groups is 2. The van der Waals surface area contributed by atoms with Gasteiger partial charge < -0.3 is 15.2 Å². The quantitative estimate of drug-likeness (QED) is 0.725. The van der Waals surface area contributed by atoms with E-state index in [1.54, 1.807) is 6.92 Å². The first kappa shape index (κ1) is 15.0. The summed E-state index contributed by atoms with van der Waals surface area (Å²) in [7, 11) is 0. The van der Waals surface area contributed by atoms with Crippen LogP contribution in [0.5, 0.6) is 0 Å². The molecule has 1 aliphatic heterocycles. The van der Waals surface area contributed by atoms with Gasteiger partial charge in [-0.1, -0.05) is 6.92 Å². The molecule has 2 atom stereocenters. The van der Waals surface area contributed by atoms with E-state index in [0.29, 0.717) is 6.54 Å². The van der Waals surface area contributed by atoms with E-state index in [-0.39, 0.29) is 30.8 Å². The molecule has 1 aliphatic rings. The zero-order valence-corrected chi connectivity index (χ0v) is 11.0. The SMILES string of the molecule is CC(CC(=O)O)CC(=O)NCCC1CCCCO1. The Bertz CT molecular complexity index is 274. The molecule has 0 aliphatic carbocycles. The van der Waals surface area contributed by atoms with Gasteiger partial charge in [0.15, 0.2) is 0 Å². The molecule has 0 aromatic rings. The summed E-state index contributed by atoms with van der Waals surface area (Å²) in [5, 5.41) is 11.4. The molecule has 2 N–H and O–H groups in total. The van der Waals surface area contributed by atoms with Gasteiger partial charge in [0.1, 0.15) is 0 Å². The first-order chi connectivity index (χ1) is 8.58. The van der Waals surface area contributed by atoms with Crippen molar-refractivity contribution >= 4 is 11.9 Å². The second-order valence-electron chi connectivity index (χ2n) is 5.03. The lowest BCUT2D eigenvalue weighted by molar-refractivity contribution is -0.138. The number of rotatable bonds is 7. The predicted molar refractivity (Wildman–Crippen MR) is 67.3 cm³/mol. The zero-order chi connectivity index (χ0) is 13.4. The molecule has 18 heavy (non-hydrogen) atoms. The minimum atomic E-state index is -0.856. The Morgan fingerprint density at radius 3 is 2.78 bits per heavy atom. The van der Waals surface area contributed by atoms with E-state index < -0.39 is 5.97 Å². The molecule has 0 radical (unpaired) electrons. The fourth-order valence-electron chi connectivity index (χ4n) is 2.17. The van der Waals surface area contributed by atoms with Crippen LogP contribution in [0.15, 0.2) is 0 Å². The van der Waals surface area contributed by atoms with E-state index in [1.165, 1.54) is 6.42 Å². The maximum atomic E-state index is 11.5. The molecule has 1 fully saturated rings. The number of carbonyl (C=O) groups excluding carboxylic acids is 1. The minimum absolute atomic E-state index is 0.0408. The van der Waals surface area contributed by atoms with Crippen molar-refractivity contribution in [1.82, 2.24) is 5.32 Å². The smallest absolute Gasteiger partial charge is 0.303 e. The van der Waals surface area contributed by atoms with E-state index in [4.69, 9.17) is 9.84 Å². The van der Waals surface area contributed by atoms with Crippen LogP contribution in [0.2, 0.25) is 0 Å². The minimum Gasteiger partial charge on any atom is -0.481 e. The Morgan fingerprint density at radius 2 is 2.17 bits per heavy atom. The van der Waals surface area contributed by atoms with E-state index in [1.807, 2.05) is 0 Å². The van der Waals surface area contributed by atoms with Crippen LogP contribution in [0, 0.1) is 5.92 Å². The van der Waals surface area contributed by atoms with Crippen LogP contribution in [-0.4, -0.2) is 36.2 Å². The highest BCUT2D eigenvalue weighted by atomic mass is 16.5. The summed E-state index contributed by atoms with van der Waals surface area (Å²) in [5.41, 5.74) is 0. The molecule has 5 heteroatoms. The number of hydrogen-bond acceptors (Lipinski definition) is 3.